The standard InChI is InChI=1S/C24H27F3N4O2/c25-24(26,27)20-7-3-4-8-21(20)28-22(32)16-29-11-13-31(14-12-29)23(33)17-30-10-9-18-5-1-2-6-19(18)15-30/h1-8H,9-17H2,(H,28,32). The van der Waals surface area contributed by atoms with E-state index >= 15 is 0 Å². The van der Waals surface area contributed by atoms with E-state index in [1.165, 1.54) is 29.3 Å². The Balaban J connectivity index is 1.23. The summed E-state index contributed by atoms with van der Waals surface area (Å²) >= 11 is 0. The highest BCUT2D eigenvalue weighted by atomic mass is 19.4. The van der Waals surface area contributed by atoms with E-state index in [0.717, 1.165) is 25.6 Å². The van der Waals surface area contributed by atoms with Gasteiger partial charge in [0, 0.05) is 39.3 Å². The summed E-state index contributed by atoms with van der Waals surface area (Å²) in [4.78, 5) is 30.9. The predicted molar refractivity (Wildman–Crippen MR) is 119 cm³/mol. The molecular weight excluding hydrogens is 433 g/mol. The minimum absolute atomic E-state index is 0.0167. The van der Waals surface area contributed by atoms with Crippen molar-refractivity contribution < 1.29 is 22.8 Å². The topological polar surface area (TPSA) is 55.9 Å². The Bertz CT molecular complexity index is 1000. The van der Waals surface area contributed by atoms with E-state index < -0.39 is 17.6 Å². The number of fused-ring (bicyclic) bond motifs is 1. The molecule has 0 atom stereocenters. The summed E-state index contributed by atoms with van der Waals surface area (Å²) < 4.78 is 39.3. The van der Waals surface area contributed by atoms with E-state index in [1.54, 1.807) is 4.90 Å². The average Bonchev–Trinajstić information content (AvgIpc) is 2.79. The van der Waals surface area contributed by atoms with E-state index in [0.29, 0.717) is 32.7 Å². The molecule has 0 aliphatic carbocycles. The molecule has 0 bridgehead atoms. The number of para-hydroxylation sites is 1. The van der Waals surface area contributed by atoms with Crippen LogP contribution >= 0.6 is 0 Å². The molecule has 6 nitrogen and oxygen atoms in total. The molecule has 2 aliphatic heterocycles. The van der Waals surface area contributed by atoms with Crippen molar-refractivity contribution in [1.82, 2.24) is 14.7 Å². The number of hydrogen-bond donors (Lipinski definition) is 1. The van der Waals surface area contributed by atoms with Crippen LogP contribution in [0.5, 0.6) is 0 Å². The van der Waals surface area contributed by atoms with Crippen LogP contribution in [0.3, 0.4) is 0 Å². The molecule has 2 heterocycles. The van der Waals surface area contributed by atoms with Gasteiger partial charge < -0.3 is 10.2 Å². The zero-order chi connectivity index (χ0) is 23.4. The normalized spacial score (nSPS) is 17.5. The molecular formula is C24H27F3N4O2. The third-order valence-corrected chi connectivity index (χ3v) is 6.17. The number of carbonyl (C=O) groups excluding carboxylic acids is 2. The van der Waals surface area contributed by atoms with Crippen LogP contribution in [0.2, 0.25) is 0 Å². The number of amides is 2. The number of nitrogens with zero attached hydrogens (tertiary/aromatic N) is 3. The number of piperazine rings is 1. The van der Waals surface area contributed by atoms with Crippen molar-refractivity contribution in [2.45, 2.75) is 19.1 Å². The van der Waals surface area contributed by atoms with Gasteiger partial charge in [-0.2, -0.15) is 13.2 Å². The molecule has 176 valence electrons. The fraction of sp³-hybridized carbons (Fsp3) is 0.417. The van der Waals surface area contributed by atoms with Crippen molar-refractivity contribution in [2.24, 2.45) is 0 Å². The van der Waals surface area contributed by atoms with Gasteiger partial charge in [-0.25, -0.2) is 0 Å². The first-order valence-electron chi connectivity index (χ1n) is 11.0. The van der Waals surface area contributed by atoms with Crippen molar-refractivity contribution >= 4 is 17.5 Å². The largest absolute Gasteiger partial charge is 0.418 e. The summed E-state index contributed by atoms with van der Waals surface area (Å²) in [6.45, 7) is 3.96. The molecule has 0 saturated carbocycles. The summed E-state index contributed by atoms with van der Waals surface area (Å²) in [5.74, 6) is -0.434. The van der Waals surface area contributed by atoms with E-state index in [2.05, 4.69) is 22.3 Å². The second-order valence-electron chi connectivity index (χ2n) is 8.48. The molecule has 9 heteroatoms. The molecule has 0 spiro atoms. The first-order chi connectivity index (χ1) is 15.8. The van der Waals surface area contributed by atoms with Crippen LogP contribution in [-0.2, 0) is 28.7 Å². The Morgan fingerprint density at radius 2 is 1.48 bits per heavy atom. The van der Waals surface area contributed by atoms with E-state index in [4.69, 9.17) is 0 Å². The lowest BCUT2D eigenvalue weighted by Gasteiger charge is -2.36. The lowest BCUT2D eigenvalue weighted by molar-refractivity contribution is -0.137. The molecule has 1 saturated heterocycles. The molecule has 0 radical (unpaired) electrons. The first-order valence-corrected chi connectivity index (χ1v) is 11.0. The van der Waals surface area contributed by atoms with Crippen molar-refractivity contribution in [1.29, 1.82) is 0 Å². The highest BCUT2D eigenvalue weighted by Gasteiger charge is 2.33. The lowest BCUT2D eigenvalue weighted by atomic mass is 10.00. The van der Waals surface area contributed by atoms with Crippen LogP contribution < -0.4 is 5.32 Å². The van der Waals surface area contributed by atoms with Crippen LogP contribution in [0.15, 0.2) is 48.5 Å². The molecule has 2 aromatic rings. The smallest absolute Gasteiger partial charge is 0.339 e. The second-order valence-corrected chi connectivity index (χ2v) is 8.48. The molecule has 4 rings (SSSR count). The molecule has 1 fully saturated rings. The van der Waals surface area contributed by atoms with Crippen molar-refractivity contribution in [3.63, 3.8) is 0 Å². The molecule has 0 aromatic heterocycles. The Kier molecular flexibility index (Phi) is 6.99. The van der Waals surface area contributed by atoms with Crippen molar-refractivity contribution in [3.05, 3.63) is 65.2 Å². The van der Waals surface area contributed by atoms with E-state index in [9.17, 15) is 22.8 Å². The zero-order valence-electron chi connectivity index (χ0n) is 18.3. The zero-order valence-corrected chi connectivity index (χ0v) is 18.3. The monoisotopic (exact) mass is 460 g/mol. The number of halogens is 3. The second kappa shape index (κ2) is 9.93. The first kappa shape index (κ1) is 23.3. The molecule has 2 aliphatic rings. The van der Waals surface area contributed by atoms with Gasteiger partial charge in [0.25, 0.3) is 0 Å². The van der Waals surface area contributed by atoms with E-state index in [1.807, 2.05) is 17.0 Å². The highest BCUT2D eigenvalue weighted by molar-refractivity contribution is 5.93. The third-order valence-electron chi connectivity index (χ3n) is 6.17. The summed E-state index contributed by atoms with van der Waals surface area (Å²) in [6.07, 6.45) is -3.60. The summed E-state index contributed by atoms with van der Waals surface area (Å²) in [5.41, 5.74) is 1.49. The van der Waals surface area contributed by atoms with Crippen LogP contribution in [0.1, 0.15) is 16.7 Å². The minimum Gasteiger partial charge on any atom is -0.339 e. The Morgan fingerprint density at radius 3 is 2.21 bits per heavy atom. The number of benzene rings is 2. The van der Waals surface area contributed by atoms with Gasteiger partial charge in [-0.15, -0.1) is 0 Å². The van der Waals surface area contributed by atoms with Gasteiger partial charge in [0.2, 0.25) is 11.8 Å². The van der Waals surface area contributed by atoms with Crippen LogP contribution in [0.25, 0.3) is 0 Å². The molecule has 0 unspecified atom stereocenters. The number of carbonyl (C=O) groups is 2. The molecule has 2 aromatic carbocycles. The van der Waals surface area contributed by atoms with E-state index in [-0.39, 0.29) is 18.1 Å². The lowest BCUT2D eigenvalue weighted by Crippen LogP contribution is -2.52. The van der Waals surface area contributed by atoms with Gasteiger partial charge in [-0.1, -0.05) is 36.4 Å². The molecule has 1 N–H and O–H groups in total. The van der Waals surface area contributed by atoms with Crippen LogP contribution in [0, 0.1) is 0 Å². The minimum atomic E-state index is -4.54. The van der Waals surface area contributed by atoms with Gasteiger partial charge in [0.15, 0.2) is 0 Å². The number of anilines is 1. The summed E-state index contributed by atoms with van der Waals surface area (Å²) in [6, 6.07) is 13.2. The van der Waals surface area contributed by atoms with Crippen molar-refractivity contribution in [2.75, 3.05) is 51.1 Å². The third kappa shape index (κ3) is 5.91. The fourth-order valence-electron chi connectivity index (χ4n) is 4.37. The van der Waals surface area contributed by atoms with Gasteiger partial charge >= 0.3 is 6.18 Å². The Labute approximate surface area is 191 Å². The van der Waals surface area contributed by atoms with Crippen LogP contribution in [-0.4, -0.2) is 72.3 Å². The average molecular weight is 461 g/mol. The molecule has 2 amide bonds. The fourth-order valence-corrected chi connectivity index (χ4v) is 4.37. The maximum atomic E-state index is 13.1. The van der Waals surface area contributed by atoms with Gasteiger partial charge in [-0.05, 0) is 29.7 Å². The number of nitrogens with one attached hydrogen (secondary N) is 1. The highest BCUT2D eigenvalue weighted by Crippen LogP contribution is 2.34. The predicted octanol–water partition coefficient (Wildman–Crippen LogP) is 2.85. The maximum absolute atomic E-state index is 13.1. The quantitative estimate of drug-likeness (QED) is 0.746. The summed E-state index contributed by atoms with van der Waals surface area (Å²) in [5, 5.41) is 2.37. The Morgan fingerprint density at radius 1 is 0.818 bits per heavy atom. The molecule has 33 heavy (non-hydrogen) atoms. The number of hydrogen-bond acceptors (Lipinski definition) is 4. The number of alkyl halides is 3. The Hall–Kier alpha value is -2.91. The summed E-state index contributed by atoms with van der Waals surface area (Å²) in [7, 11) is 0. The van der Waals surface area contributed by atoms with Gasteiger partial charge in [-0.3, -0.25) is 19.4 Å². The maximum Gasteiger partial charge on any atom is 0.418 e. The van der Waals surface area contributed by atoms with Gasteiger partial charge in [0.1, 0.15) is 0 Å². The van der Waals surface area contributed by atoms with Gasteiger partial charge in [0.05, 0.1) is 24.3 Å². The van der Waals surface area contributed by atoms with Crippen molar-refractivity contribution in [3.8, 4) is 0 Å². The SMILES string of the molecule is O=C(CN1CCN(C(=O)CN2CCc3ccccc3C2)CC1)Nc1ccccc1C(F)(F)F. The number of rotatable bonds is 5. The van der Waals surface area contributed by atoms with Crippen LogP contribution in [0.4, 0.5) is 18.9 Å².